The summed E-state index contributed by atoms with van der Waals surface area (Å²) in [6, 6.07) is 5.13. The van der Waals surface area contributed by atoms with Gasteiger partial charge in [0.1, 0.15) is 0 Å². The van der Waals surface area contributed by atoms with Crippen LogP contribution < -0.4 is 5.73 Å². The van der Waals surface area contributed by atoms with Crippen LogP contribution in [0, 0.1) is 5.92 Å². The molecule has 0 bridgehead atoms. The Morgan fingerprint density at radius 3 is 2.18 bits per heavy atom. The first-order valence-electron chi connectivity index (χ1n) is 7.20. The number of sulfone groups is 1. The third-order valence-electron chi connectivity index (χ3n) is 4.16. The van der Waals surface area contributed by atoms with E-state index in [9.17, 15) is 16.8 Å². The quantitative estimate of drug-likeness (QED) is 0.871. The molecule has 1 aliphatic heterocycles. The monoisotopic (exact) mass is 346 g/mol. The van der Waals surface area contributed by atoms with Crippen molar-refractivity contribution >= 4 is 19.9 Å². The van der Waals surface area contributed by atoms with Gasteiger partial charge in [-0.15, -0.1) is 0 Å². The molecule has 1 saturated heterocycles. The average molecular weight is 346 g/mol. The minimum absolute atomic E-state index is 0.104. The van der Waals surface area contributed by atoms with Crippen molar-refractivity contribution in [1.82, 2.24) is 4.31 Å². The van der Waals surface area contributed by atoms with Crippen molar-refractivity contribution in [2.24, 2.45) is 11.7 Å². The van der Waals surface area contributed by atoms with Crippen molar-refractivity contribution in [3.8, 4) is 0 Å². The first kappa shape index (κ1) is 17.4. The van der Waals surface area contributed by atoms with Gasteiger partial charge >= 0.3 is 0 Å². The van der Waals surface area contributed by atoms with Crippen LogP contribution in [0.3, 0.4) is 0 Å². The maximum atomic E-state index is 12.8. The van der Waals surface area contributed by atoms with Crippen LogP contribution in [0.5, 0.6) is 0 Å². The minimum Gasteiger partial charge on any atom is -0.329 e. The zero-order valence-electron chi connectivity index (χ0n) is 12.8. The molecule has 0 saturated carbocycles. The Labute approximate surface area is 132 Å². The van der Waals surface area contributed by atoms with Crippen LogP contribution in [-0.4, -0.2) is 46.5 Å². The zero-order valence-corrected chi connectivity index (χ0v) is 14.4. The topological polar surface area (TPSA) is 97.5 Å². The van der Waals surface area contributed by atoms with E-state index < -0.39 is 19.9 Å². The van der Waals surface area contributed by atoms with Gasteiger partial charge in [0.05, 0.1) is 9.79 Å². The number of hydrogen-bond donors (Lipinski definition) is 1. The summed E-state index contributed by atoms with van der Waals surface area (Å²) < 4.78 is 49.9. The van der Waals surface area contributed by atoms with Crippen molar-refractivity contribution in [2.45, 2.75) is 35.6 Å². The van der Waals surface area contributed by atoms with Crippen LogP contribution in [0.25, 0.3) is 0 Å². The van der Waals surface area contributed by atoms with Gasteiger partial charge in [-0.05, 0) is 43.0 Å². The highest BCUT2D eigenvalue weighted by molar-refractivity contribution is 7.90. The summed E-state index contributed by atoms with van der Waals surface area (Å²) in [5, 5.41) is 0. The first-order chi connectivity index (χ1) is 10.2. The van der Waals surface area contributed by atoms with Gasteiger partial charge in [-0.2, -0.15) is 4.31 Å². The van der Waals surface area contributed by atoms with E-state index in [0.29, 0.717) is 6.54 Å². The summed E-state index contributed by atoms with van der Waals surface area (Å²) in [7, 11) is -7.00. The summed E-state index contributed by atoms with van der Waals surface area (Å²) in [5.41, 5.74) is 5.75. The molecule has 1 aromatic rings. The van der Waals surface area contributed by atoms with Gasteiger partial charge in [-0.25, -0.2) is 16.8 Å². The predicted molar refractivity (Wildman–Crippen MR) is 84.7 cm³/mol. The summed E-state index contributed by atoms with van der Waals surface area (Å²) in [5.74, 6) is 0.212. The van der Waals surface area contributed by atoms with Crippen LogP contribution >= 0.6 is 0 Å². The minimum atomic E-state index is -3.66. The molecule has 0 unspecified atom stereocenters. The number of benzene rings is 1. The molecular weight excluding hydrogens is 324 g/mol. The van der Waals surface area contributed by atoms with Crippen LogP contribution in [0.2, 0.25) is 0 Å². The van der Waals surface area contributed by atoms with Gasteiger partial charge in [0, 0.05) is 25.4 Å². The van der Waals surface area contributed by atoms with Crippen LogP contribution in [0.1, 0.15) is 19.8 Å². The molecule has 22 heavy (non-hydrogen) atoms. The fraction of sp³-hybridized carbons (Fsp3) is 0.571. The molecule has 8 heteroatoms. The molecule has 2 atom stereocenters. The van der Waals surface area contributed by atoms with E-state index in [4.69, 9.17) is 5.73 Å². The van der Waals surface area contributed by atoms with E-state index in [1.165, 1.54) is 28.6 Å². The van der Waals surface area contributed by atoms with Crippen molar-refractivity contribution in [3.05, 3.63) is 24.3 Å². The molecule has 1 heterocycles. The molecule has 124 valence electrons. The Morgan fingerprint density at radius 2 is 1.68 bits per heavy atom. The van der Waals surface area contributed by atoms with E-state index in [-0.39, 0.29) is 28.3 Å². The van der Waals surface area contributed by atoms with Crippen LogP contribution in [-0.2, 0) is 19.9 Å². The molecule has 6 nitrogen and oxygen atoms in total. The fourth-order valence-electron chi connectivity index (χ4n) is 2.85. The van der Waals surface area contributed by atoms with E-state index in [2.05, 4.69) is 0 Å². The predicted octanol–water partition coefficient (Wildman–Crippen LogP) is 0.838. The molecule has 0 amide bonds. The van der Waals surface area contributed by atoms with E-state index in [1.807, 2.05) is 6.92 Å². The molecule has 0 aromatic heterocycles. The number of sulfonamides is 1. The maximum Gasteiger partial charge on any atom is 0.243 e. The molecule has 0 radical (unpaired) electrons. The smallest absolute Gasteiger partial charge is 0.243 e. The number of nitrogens with two attached hydrogens (primary N) is 1. The average Bonchev–Trinajstić information content (AvgIpc) is 2.46. The highest BCUT2D eigenvalue weighted by Gasteiger charge is 2.36. The zero-order chi connectivity index (χ0) is 16.5. The normalized spacial score (nSPS) is 24.3. The molecule has 1 aromatic carbocycles. The number of rotatable bonds is 4. The third kappa shape index (κ3) is 3.34. The van der Waals surface area contributed by atoms with Crippen molar-refractivity contribution in [2.75, 3.05) is 19.3 Å². The van der Waals surface area contributed by atoms with Gasteiger partial charge < -0.3 is 5.73 Å². The first-order valence-corrected chi connectivity index (χ1v) is 10.5. The molecular formula is C14H22N2O4S2. The summed E-state index contributed by atoms with van der Waals surface area (Å²) in [6.07, 6.45) is 2.85. The van der Waals surface area contributed by atoms with Gasteiger partial charge in [0.15, 0.2) is 9.84 Å². The lowest BCUT2D eigenvalue weighted by Crippen LogP contribution is -2.51. The Kier molecular flexibility index (Phi) is 4.96. The lowest BCUT2D eigenvalue weighted by atomic mass is 9.93. The SMILES string of the molecule is C[C@H]1CCCN(S(=O)(=O)c2ccc(S(C)(=O)=O)cc2)[C@@H]1CN. The molecule has 0 spiro atoms. The molecule has 1 fully saturated rings. The van der Waals surface area contributed by atoms with Gasteiger partial charge in [-0.1, -0.05) is 6.92 Å². The Hall–Kier alpha value is -0.960. The molecule has 1 aliphatic rings. The number of nitrogens with zero attached hydrogens (tertiary/aromatic N) is 1. The third-order valence-corrected chi connectivity index (χ3v) is 7.23. The van der Waals surface area contributed by atoms with Gasteiger partial charge in [0.2, 0.25) is 10.0 Å². The molecule has 0 aliphatic carbocycles. The highest BCUT2D eigenvalue weighted by Crippen LogP contribution is 2.29. The van der Waals surface area contributed by atoms with E-state index in [1.54, 1.807) is 0 Å². The lowest BCUT2D eigenvalue weighted by molar-refractivity contribution is 0.192. The second-order valence-corrected chi connectivity index (χ2v) is 9.69. The van der Waals surface area contributed by atoms with E-state index in [0.717, 1.165) is 19.1 Å². The molecule has 2 rings (SSSR count). The number of hydrogen-bond acceptors (Lipinski definition) is 5. The second-order valence-electron chi connectivity index (χ2n) is 5.78. The fourth-order valence-corrected chi connectivity index (χ4v) is 5.25. The maximum absolute atomic E-state index is 12.8. The summed E-state index contributed by atoms with van der Waals surface area (Å²) in [4.78, 5) is 0.210. The van der Waals surface area contributed by atoms with Crippen molar-refractivity contribution in [3.63, 3.8) is 0 Å². The van der Waals surface area contributed by atoms with Gasteiger partial charge in [-0.3, -0.25) is 0 Å². The van der Waals surface area contributed by atoms with Crippen LogP contribution in [0.15, 0.2) is 34.1 Å². The highest BCUT2D eigenvalue weighted by atomic mass is 32.2. The Bertz CT molecular complexity index is 727. The van der Waals surface area contributed by atoms with Crippen molar-refractivity contribution in [1.29, 1.82) is 0 Å². The van der Waals surface area contributed by atoms with E-state index >= 15 is 0 Å². The number of piperidine rings is 1. The largest absolute Gasteiger partial charge is 0.329 e. The van der Waals surface area contributed by atoms with Crippen molar-refractivity contribution < 1.29 is 16.8 Å². The molecule has 2 N–H and O–H groups in total. The van der Waals surface area contributed by atoms with Crippen LogP contribution in [0.4, 0.5) is 0 Å². The van der Waals surface area contributed by atoms with Gasteiger partial charge in [0.25, 0.3) is 0 Å². The Morgan fingerprint density at radius 1 is 1.14 bits per heavy atom. The summed E-state index contributed by atoms with van der Waals surface area (Å²) >= 11 is 0. The second kappa shape index (κ2) is 6.27. The standard InChI is InChI=1S/C14H22N2O4S2/c1-11-4-3-9-16(14(11)10-15)22(19,20)13-7-5-12(6-8-13)21(2,17)18/h5-8,11,14H,3-4,9-10,15H2,1-2H3/t11-,14+/m0/s1. The lowest BCUT2D eigenvalue weighted by Gasteiger charge is -2.38. The summed E-state index contributed by atoms with van der Waals surface area (Å²) in [6.45, 7) is 2.73. The Balaban J connectivity index is 2.37.